The standard InChI is InChI=1S/C27H30O3Si/c1-5-30-27(29)23-18-16-21(17-19-23)25(26(28)22-12-8-6-9-13-22)20(2)31(3,4)24-14-10-7-11-15-24/h6-19,25-26,28H,2,5H2,1,3-4H3/t25-,26+/m0/s1. The lowest BCUT2D eigenvalue weighted by Crippen LogP contribution is -2.46. The van der Waals surface area contributed by atoms with Crippen LogP contribution in [-0.2, 0) is 4.74 Å². The highest BCUT2D eigenvalue weighted by molar-refractivity contribution is 6.95. The van der Waals surface area contributed by atoms with E-state index >= 15 is 0 Å². The molecule has 0 radical (unpaired) electrons. The fraction of sp³-hybridized carbons (Fsp3) is 0.222. The fourth-order valence-electron chi connectivity index (χ4n) is 3.89. The molecule has 0 saturated heterocycles. The Hall–Kier alpha value is -2.95. The molecule has 0 heterocycles. The molecule has 0 bridgehead atoms. The Labute approximate surface area is 186 Å². The van der Waals surface area contributed by atoms with Crippen molar-refractivity contribution >= 4 is 19.2 Å². The first-order chi connectivity index (χ1) is 14.9. The minimum atomic E-state index is -2.12. The number of hydrogen-bond donors (Lipinski definition) is 1. The van der Waals surface area contributed by atoms with Crippen molar-refractivity contribution in [3.63, 3.8) is 0 Å². The van der Waals surface area contributed by atoms with Gasteiger partial charge in [0.2, 0.25) is 0 Å². The van der Waals surface area contributed by atoms with Crippen molar-refractivity contribution in [2.75, 3.05) is 6.61 Å². The molecule has 0 aliphatic carbocycles. The molecule has 0 spiro atoms. The number of esters is 1. The lowest BCUT2D eigenvalue weighted by atomic mass is 9.88. The third-order valence-corrected chi connectivity index (χ3v) is 9.60. The van der Waals surface area contributed by atoms with Gasteiger partial charge in [-0.2, -0.15) is 0 Å². The zero-order valence-corrected chi connectivity index (χ0v) is 19.4. The van der Waals surface area contributed by atoms with E-state index in [0.29, 0.717) is 12.2 Å². The highest BCUT2D eigenvalue weighted by Gasteiger charge is 2.36. The summed E-state index contributed by atoms with van der Waals surface area (Å²) in [7, 11) is -2.12. The van der Waals surface area contributed by atoms with Crippen LogP contribution >= 0.6 is 0 Å². The third kappa shape index (κ3) is 5.04. The summed E-state index contributed by atoms with van der Waals surface area (Å²) in [6, 6.07) is 27.4. The normalized spacial score (nSPS) is 13.3. The molecule has 31 heavy (non-hydrogen) atoms. The molecule has 4 heteroatoms. The number of ether oxygens (including phenoxy) is 1. The monoisotopic (exact) mass is 430 g/mol. The number of aliphatic hydroxyl groups is 1. The van der Waals surface area contributed by atoms with Crippen molar-refractivity contribution in [3.05, 3.63) is 113 Å². The summed E-state index contributed by atoms with van der Waals surface area (Å²) in [6.45, 7) is 11.2. The molecule has 2 atom stereocenters. The van der Waals surface area contributed by atoms with Crippen molar-refractivity contribution in [2.24, 2.45) is 0 Å². The maximum atomic E-state index is 12.1. The van der Waals surface area contributed by atoms with Crippen molar-refractivity contribution in [1.29, 1.82) is 0 Å². The molecule has 3 aromatic carbocycles. The van der Waals surface area contributed by atoms with Crippen molar-refractivity contribution in [1.82, 2.24) is 0 Å². The topological polar surface area (TPSA) is 46.5 Å². The molecule has 160 valence electrons. The highest BCUT2D eigenvalue weighted by Crippen LogP contribution is 2.40. The van der Waals surface area contributed by atoms with Crippen LogP contribution in [0.3, 0.4) is 0 Å². The molecule has 0 aromatic heterocycles. The van der Waals surface area contributed by atoms with Crippen molar-refractivity contribution in [2.45, 2.75) is 32.0 Å². The second kappa shape index (κ2) is 9.90. The summed E-state index contributed by atoms with van der Waals surface area (Å²) in [5.41, 5.74) is 2.29. The van der Waals surface area contributed by atoms with E-state index in [9.17, 15) is 9.90 Å². The molecule has 3 nitrogen and oxygen atoms in total. The van der Waals surface area contributed by atoms with Crippen LogP contribution in [0.25, 0.3) is 0 Å². The van der Waals surface area contributed by atoms with Gasteiger partial charge in [0.25, 0.3) is 0 Å². The van der Waals surface area contributed by atoms with Gasteiger partial charge < -0.3 is 9.84 Å². The minimum absolute atomic E-state index is 0.291. The van der Waals surface area contributed by atoms with E-state index in [0.717, 1.165) is 16.3 Å². The number of carbonyl (C=O) groups is 1. The van der Waals surface area contributed by atoms with E-state index in [1.54, 1.807) is 19.1 Å². The van der Waals surface area contributed by atoms with Crippen LogP contribution in [-0.4, -0.2) is 25.8 Å². The van der Waals surface area contributed by atoms with E-state index in [1.807, 2.05) is 60.7 Å². The Bertz CT molecular complexity index is 1010. The Morgan fingerprint density at radius 3 is 2.00 bits per heavy atom. The van der Waals surface area contributed by atoms with Crippen molar-refractivity contribution < 1.29 is 14.6 Å². The van der Waals surface area contributed by atoms with Crippen LogP contribution in [0, 0.1) is 0 Å². The largest absolute Gasteiger partial charge is 0.462 e. The van der Waals surface area contributed by atoms with Gasteiger partial charge in [0.1, 0.15) is 8.07 Å². The van der Waals surface area contributed by atoms with Gasteiger partial charge in [-0.1, -0.05) is 96.3 Å². The summed E-state index contributed by atoms with van der Waals surface area (Å²) in [6.07, 6.45) is -0.738. The lowest BCUT2D eigenvalue weighted by molar-refractivity contribution is 0.0526. The van der Waals surface area contributed by atoms with Gasteiger partial charge in [-0.25, -0.2) is 4.79 Å². The maximum absolute atomic E-state index is 12.1. The lowest BCUT2D eigenvalue weighted by Gasteiger charge is -2.35. The SMILES string of the molecule is C=C([C@@H](c1ccc(C(=O)OCC)cc1)[C@H](O)c1ccccc1)[Si](C)(C)c1ccccc1. The van der Waals surface area contributed by atoms with Crippen LogP contribution in [0.5, 0.6) is 0 Å². The summed E-state index contributed by atoms with van der Waals surface area (Å²) in [5, 5.41) is 13.8. The second-order valence-electron chi connectivity index (χ2n) is 8.19. The van der Waals surface area contributed by atoms with E-state index in [4.69, 9.17) is 4.74 Å². The number of rotatable bonds is 8. The van der Waals surface area contributed by atoms with E-state index in [2.05, 4.69) is 31.8 Å². The molecular formula is C27H30O3Si. The zero-order valence-electron chi connectivity index (χ0n) is 18.4. The van der Waals surface area contributed by atoms with Gasteiger partial charge in [0, 0.05) is 5.92 Å². The summed E-state index contributed by atoms with van der Waals surface area (Å²) in [4.78, 5) is 12.1. The molecule has 0 unspecified atom stereocenters. The quantitative estimate of drug-likeness (QED) is 0.385. The first kappa shape index (κ1) is 22.7. The van der Waals surface area contributed by atoms with Gasteiger partial charge in [-0.15, -0.1) is 6.58 Å². The minimum Gasteiger partial charge on any atom is -0.462 e. The van der Waals surface area contributed by atoms with Gasteiger partial charge in [-0.05, 0) is 30.2 Å². The average molecular weight is 431 g/mol. The van der Waals surface area contributed by atoms with Crippen molar-refractivity contribution in [3.8, 4) is 0 Å². The number of aliphatic hydroxyl groups excluding tert-OH is 1. The predicted octanol–water partition coefficient (Wildman–Crippen LogP) is 5.39. The van der Waals surface area contributed by atoms with Crippen LogP contribution in [0.1, 0.15) is 40.4 Å². The van der Waals surface area contributed by atoms with Gasteiger partial charge in [-0.3, -0.25) is 0 Å². The predicted molar refractivity (Wildman–Crippen MR) is 129 cm³/mol. The van der Waals surface area contributed by atoms with Gasteiger partial charge in [0.15, 0.2) is 0 Å². The maximum Gasteiger partial charge on any atom is 0.338 e. The fourth-order valence-corrected chi connectivity index (χ4v) is 6.39. The smallest absolute Gasteiger partial charge is 0.338 e. The molecule has 0 amide bonds. The first-order valence-electron chi connectivity index (χ1n) is 10.6. The Kier molecular flexibility index (Phi) is 7.26. The number of benzene rings is 3. The summed E-state index contributed by atoms with van der Waals surface area (Å²) >= 11 is 0. The Morgan fingerprint density at radius 1 is 0.903 bits per heavy atom. The molecule has 1 N–H and O–H groups in total. The zero-order chi connectivity index (χ0) is 22.4. The van der Waals surface area contributed by atoms with E-state index in [1.165, 1.54) is 5.19 Å². The number of carbonyl (C=O) groups excluding carboxylic acids is 1. The summed E-state index contributed by atoms with van der Waals surface area (Å²) in [5.74, 6) is -0.632. The first-order valence-corrected chi connectivity index (χ1v) is 13.6. The van der Waals surface area contributed by atoms with Crippen LogP contribution in [0.2, 0.25) is 13.1 Å². The van der Waals surface area contributed by atoms with E-state index in [-0.39, 0.29) is 11.9 Å². The molecule has 0 fully saturated rings. The van der Waals surface area contributed by atoms with Crippen LogP contribution < -0.4 is 5.19 Å². The van der Waals surface area contributed by atoms with Crippen LogP contribution in [0.15, 0.2) is 96.7 Å². The van der Waals surface area contributed by atoms with Crippen LogP contribution in [0.4, 0.5) is 0 Å². The van der Waals surface area contributed by atoms with Gasteiger partial charge >= 0.3 is 5.97 Å². The third-order valence-electron chi connectivity index (χ3n) is 5.91. The molecule has 3 rings (SSSR count). The molecular weight excluding hydrogens is 400 g/mol. The average Bonchev–Trinajstić information content (AvgIpc) is 2.81. The van der Waals surface area contributed by atoms with Gasteiger partial charge in [0.05, 0.1) is 18.3 Å². The summed E-state index contributed by atoms with van der Waals surface area (Å²) < 4.78 is 5.11. The highest BCUT2D eigenvalue weighted by atomic mass is 28.3. The molecule has 0 aliphatic rings. The Morgan fingerprint density at radius 2 is 1.45 bits per heavy atom. The Balaban J connectivity index is 2.03. The second-order valence-corrected chi connectivity index (χ2v) is 12.7. The molecule has 3 aromatic rings. The molecule has 0 aliphatic heterocycles. The number of hydrogen-bond acceptors (Lipinski definition) is 3. The van der Waals surface area contributed by atoms with E-state index < -0.39 is 14.2 Å². The molecule has 0 saturated carbocycles.